The molecule has 2 aliphatic carbocycles. The molecule has 0 amide bonds. The molecular formula is C16H22Ti. The van der Waals surface area contributed by atoms with E-state index in [0.717, 1.165) is 0 Å². The molecule has 0 atom stereocenters. The molecule has 2 aliphatic rings. The van der Waals surface area contributed by atoms with Gasteiger partial charge in [0.1, 0.15) is 0 Å². The van der Waals surface area contributed by atoms with E-state index in [2.05, 4.69) is 52.0 Å². The molecule has 0 unspecified atom stereocenters. The average molecular weight is 262 g/mol. The van der Waals surface area contributed by atoms with Crippen LogP contribution in [-0.4, -0.2) is 0 Å². The van der Waals surface area contributed by atoms with Gasteiger partial charge in [-0.1, -0.05) is 0 Å². The van der Waals surface area contributed by atoms with Crippen LogP contribution in [0, 0.1) is 11.8 Å². The summed E-state index contributed by atoms with van der Waals surface area (Å²) in [7, 11) is 0. The maximum atomic E-state index is 2.36. The summed E-state index contributed by atoms with van der Waals surface area (Å²) in [6.07, 6.45) is 11.9. The Hall–Kier alpha value is -0.326. The number of hydrogen-bond acceptors (Lipinski definition) is 0. The van der Waals surface area contributed by atoms with Gasteiger partial charge < -0.3 is 0 Å². The van der Waals surface area contributed by atoms with Crippen molar-refractivity contribution < 1.29 is 19.2 Å². The van der Waals surface area contributed by atoms with Crippen molar-refractivity contribution >= 4 is 0 Å². The molecule has 0 heterocycles. The Kier molecular flexibility index (Phi) is 4.28. The van der Waals surface area contributed by atoms with Gasteiger partial charge in [-0.05, 0) is 0 Å². The quantitative estimate of drug-likeness (QED) is 0.638. The van der Waals surface area contributed by atoms with Crippen LogP contribution in [0.15, 0.2) is 43.2 Å². The van der Waals surface area contributed by atoms with Crippen LogP contribution in [0.4, 0.5) is 0 Å². The summed E-state index contributed by atoms with van der Waals surface area (Å²) in [4.78, 5) is 0. The molecule has 0 spiro atoms. The zero-order valence-corrected chi connectivity index (χ0v) is 12.9. The van der Waals surface area contributed by atoms with Crippen LogP contribution in [0.3, 0.4) is 0 Å². The van der Waals surface area contributed by atoms with Gasteiger partial charge in [-0.2, -0.15) is 0 Å². The molecule has 2 rings (SSSR count). The van der Waals surface area contributed by atoms with Crippen LogP contribution in [0.5, 0.6) is 0 Å². The Bertz CT molecular complexity index is 377. The summed E-state index contributed by atoms with van der Waals surface area (Å²) in [5.74, 6) is 1.40. The first kappa shape index (κ1) is 13.1. The van der Waals surface area contributed by atoms with Crippen molar-refractivity contribution in [3.05, 3.63) is 43.2 Å². The fraction of sp³-hybridized carbons (Fsp3) is 0.500. The second-order valence-electron chi connectivity index (χ2n) is 5.52. The Morgan fingerprint density at radius 3 is 1.59 bits per heavy atom. The predicted octanol–water partition coefficient (Wildman–Crippen LogP) is 4.81. The van der Waals surface area contributed by atoms with Gasteiger partial charge in [0.2, 0.25) is 0 Å². The van der Waals surface area contributed by atoms with Crippen LogP contribution >= 0.6 is 0 Å². The van der Waals surface area contributed by atoms with Crippen molar-refractivity contribution in [1.82, 2.24) is 0 Å². The van der Waals surface area contributed by atoms with Crippen LogP contribution in [-0.2, 0) is 19.2 Å². The van der Waals surface area contributed by atoms with Crippen LogP contribution in [0.25, 0.3) is 0 Å². The monoisotopic (exact) mass is 262 g/mol. The zero-order chi connectivity index (χ0) is 12.4. The van der Waals surface area contributed by atoms with Gasteiger partial charge in [-0.3, -0.25) is 0 Å². The fourth-order valence-electron chi connectivity index (χ4n) is 2.55. The third-order valence-electron chi connectivity index (χ3n) is 3.48. The van der Waals surface area contributed by atoms with E-state index in [0.29, 0.717) is 11.8 Å². The zero-order valence-electron chi connectivity index (χ0n) is 11.4. The SMILES string of the molecule is CC(C)C1=[C]([Ti][C]2=C(C(C)C)C=CC2)CC=C1. The predicted molar refractivity (Wildman–Crippen MR) is 71.2 cm³/mol. The van der Waals surface area contributed by atoms with Gasteiger partial charge in [0.15, 0.2) is 0 Å². The van der Waals surface area contributed by atoms with Gasteiger partial charge in [-0.25, -0.2) is 0 Å². The first-order valence-electron chi connectivity index (χ1n) is 6.65. The summed E-state index contributed by atoms with van der Waals surface area (Å²) in [5, 5.41) is 0. The average Bonchev–Trinajstić information content (AvgIpc) is 2.86. The first-order chi connectivity index (χ1) is 8.09. The maximum absolute atomic E-state index is 2.36. The molecule has 0 aromatic carbocycles. The number of rotatable bonds is 4. The molecule has 0 aliphatic heterocycles. The van der Waals surface area contributed by atoms with E-state index < -0.39 is 0 Å². The molecule has 90 valence electrons. The Balaban J connectivity index is 2.18. The Morgan fingerprint density at radius 1 is 0.824 bits per heavy atom. The van der Waals surface area contributed by atoms with E-state index in [1.165, 1.54) is 12.8 Å². The molecule has 0 aromatic rings. The summed E-state index contributed by atoms with van der Waals surface area (Å²) in [5.41, 5.74) is 3.26. The number of hydrogen-bond donors (Lipinski definition) is 0. The molecular weight excluding hydrogens is 240 g/mol. The second-order valence-corrected chi connectivity index (χ2v) is 7.79. The van der Waals surface area contributed by atoms with Crippen molar-refractivity contribution in [3.63, 3.8) is 0 Å². The molecule has 0 fully saturated rings. The minimum absolute atomic E-state index is 0.0443. The van der Waals surface area contributed by atoms with Crippen molar-refractivity contribution in [1.29, 1.82) is 0 Å². The van der Waals surface area contributed by atoms with E-state index in [1.807, 2.05) is 0 Å². The fourth-order valence-corrected chi connectivity index (χ4v) is 5.42. The molecule has 1 heteroatoms. The van der Waals surface area contributed by atoms with Crippen molar-refractivity contribution in [2.45, 2.75) is 40.5 Å². The summed E-state index contributed by atoms with van der Waals surface area (Å²) >= 11 is -0.0443. The number of allylic oxidation sites excluding steroid dienone is 8. The molecule has 0 bridgehead atoms. The van der Waals surface area contributed by atoms with Gasteiger partial charge >= 0.3 is 115 Å². The molecule has 0 radical (unpaired) electrons. The van der Waals surface area contributed by atoms with Crippen molar-refractivity contribution in [2.24, 2.45) is 11.8 Å². The van der Waals surface area contributed by atoms with Crippen LogP contribution in [0.1, 0.15) is 40.5 Å². The third-order valence-corrected chi connectivity index (χ3v) is 5.96. The van der Waals surface area contributed by atoms with E-state index in [1.54, 1.807) is 18.9 Å². The van der Waals surface area contributed by atoms with E-state index in [4.69, 9.17) is 0 Å². The normalized spacial score (nSPS) is 19.4. The topological polar surface area (TPSA) is 0 Å². The third kappa shape index (κ3) is 2.92. The van der Waals surface area contributed by atoms with Crippen LogP contribution in [0.2, 0.25) is 0 Å². The Labute approximate surface area is 114 Å². The van der Waals surface area contributed by atoms with E-state index in [-0.39, 0.29) is 19.2 Å². The molecule has 0 N–H and O–H groups in total. The summed E-state index contributed by atoms with van der Waals surface area (Å²) < 4.78 is 3.55. The Morgan fingerprint density at radius 2 is 1.24 bits per heavy atom. The van der Waals surface area contributed by atoms with Crippen LogP contribution < -0.4 is 0 Å². The van der Waals surface area contributed by atoms with Crippen molar-refractivity contribution in [3.8, 4) is 0 Å². The van der Waals surface area contributed by atoms with E-state index in [9.17, 15) is 0 Å². The standard InChI is InChI=1S/2C8H11.Ti/c2*1-7(2)8-5-3-4-6-8;/h2*3,5,7H,4H2,1-2H3;. The first-order valence-corrected chi connectivity index (χ1v) is 8.22. The van der Waals surface area contributed by atoms with Gasteiger partial charge in [0, 0.05) is 0 Å². The molecule has 0 saturated heterocycles. The van der Waals surface area contributed by atoms with E-state index >= 15 is 0 Å². The molecule has 0 saturated carbocycles. The summed E-state index contributed by atoms with van der Waals surface area (Å²) in [6, 6.07) is 0. The molecule has 17 heavy (non-hydrogen) atoms. The second kappa shape index (κ2) is 5.54. The van der Waals surface area contributed by atoms with Gasteiger partial charge in [0.25, 0.3) is 0 Å². The van der Waals surface area contributed by atoms with Gasteiger partial charge in [0.05, 0.1) is 0 Å². The summed E-state index contributed by atoms with van der Waals surface area (Å²) in [6.45, 7) is 9.28. The molecule has 0 nitrogen and oxygen atoms in total. The van der Waals surface area contributed by atoms with Gasteiger partial charge in [-0.15, -0.1) is 0 Å². The van der Waals surface area contributed by atoms with Crippen molar-refractivity contribution in [2.75, 3.05) is 0 Å². The minimum atomic E-state index is -0.0443. The molecule has 0 aromatic heterocycles.